The van der Waals surface area contributed by atoms with E-state index in [-0.39, 0.29) is 23.9 Å². The number of fused-ring (bicyclic) bond motifs is 1. The lowest BCUT2D eigenvalue weighted by Crippen LogP contribution is -2.38. The van der Waals surface area contributed by atoms with Crippen molar-refractivity contribution < 1.29 is 26.3 Å². The van der Waals surface area contributed by atoms with Crippen LogP contribution in [-0.4, -0.2) is 59.6 Å². The summed E-state index contributed by atoms with van der Waals surface area (Å²) in [6, 6.07) is 10.1. The maximum atomic E-state index is 13.1. The van der Waals surface area contributed by atoms with Gasteiger partial charge < -0.3 is 10.1 Å². The number of pyridine rings is 1. The van der Waals surface area contributed by atoms with E-state index >= 15 is 0 Å². The average molecular weight is 542 g/mol. The van der Waals surface area contributed by atoms with E-state index in [0.717, 1.165) is 23.4 Å². The number of nitrogens with zero attached hydrogens (tertiary/aromatic N) is 5. The fourth-order valence-electron chi connectivity index (χ4n) is 4.40. The number of rotatable bonds is 7. The number of sulfonamides is 1. The van der Waals surface area contributed by atoms with Gasteiger partial charge in [0.15, 0.2) is 0 Å². The normalized spacial score (nSPS) is 15.6. The van der Waals surface area contributed by atoms with E-state index in [1.54, 1.807) is 16.9 Å². The van der Waals surface area contributed by atoms with Gasteiger partial charge in [0.05, 0.1) is 4.90 Å². The highest BCUT2D eigenvalue weighted by atomic mass is 32.2. The molecule has 0 bridgehead atoms. The predicted octanol–water partition coefficient (Wildman–Crippen LogP) is 3.00. The van der Waals surface area contributed by atoms with Gasteiger partial charge in [-0.3, -0.25) is 4.98 Å². The molecule has 5 rings (SSSR count). The molecule has 1 saturated heterocycles. The monoisotopic (exact) mass is 542 g/mol. The number of nitrogens with one attached hydrogen (secondary N) is 1. The molecule has 38 heavy (non-hydrogen) atoms. The molecule has 3 aromatic heterocycles. The zero-order valence-corrected chi connectivity index (χ0v) is 20.8. The van der Waals surface area contributed by atoms with Crippen LogP contribution in [0.15, 0.2) is 66.0 Å². The summed E-state index contributed by atoms with van der Waals surface area (Å²) in [6.07, 6.45) is 0.992. The molecule has 1 N–H and O–H groups in total. The summed E-state index contributed by atoms with van der Waals surface area (Å²) in [4.78, 5) is 8.56. The summed E-state index contributed by atoms with van der Waals surface area (Å²) in [5.41, 5.74) is 2.63. The van der Waals surface area contributed by atoms with Gasteiger partial charge in [0.2, 0.25) is 10.0 Å². The first-order chi connectivity index (χ1) is 18.1. The van der Waals surface area contributed by atoms with Crippen molar-refractivity contribution in [2.45, 2.75) is 36.6 Å². The fourth-order valence-corrected chi connectivity index (χ4v) is 5.91. The van der Waals surface area contributed by atoms with Crippen molar-refractivity contribution in [3.05, 3.63) is 72.3 Å². The molecule has 9 nitrogen and oxygen atoms in total. The van der Waals surface area contributed by atoms with E-state index in [9.17, 15) is 21.6 Å². The minimum atomic E-state index is -4.92. The number of piperidine rings is 1. The second kappa shape index (κ2) is 10.3. The number of aromatic nitrogens is 4. The molecule has 1 aliphatic heterocycles. The zero-order chi connectivity index (χ0) is 26.9. The van der Waals surface area contributed by atoms with Crippen LogP contribution in [0, 0.1) is 0 Å². The summed E-state index contributed by atoms with van der Waals surface area (Å²) in [6.45, 7) is 0.856. The summed E-state index contributed by atoms with van der Waals surface area (Å²) in [7, 11) is 2.08. The van der Waals surface area contributed by atoms with Crippen molar-refractivity contribution in [2.24, 2.45) is 0 Å². The van der Waals surface area contributed by atoms with Crippen LogP contribution in [0.3, 0.4) is 0 Å². The van der Waals surface area contributed by atoms with E-state index in [4.69, 9.17) is 12.8 Å². The van der Waals surface area contributed by atoms with Crippen LogP contribution in [0.1, 0.15) is 30.0 Å². The summed E-state index contributed by atoms with van der Waals surface area (Å²) >= 11 is 0. The number of alkyl halides is 3. The Kier molecular flexibility index (Phi) is 7.01. The third-order valence-corrected chi connectivity index (χ3v) is 8.16. The Morgan fingerprint density at radius 2 is 1.89 bits per heavy atom. The van der Waals surface area contributed by atoms with Crippen molar-refractivity contribution in [1.82, 2.24) is 23.9 Å². The van der Waals surface area contributed by atoms with E-state index in [2.05, 4.69) is 20.1 Å². The second-order valence-corrected chi connectivity index (χ2v) is 10.8. The minimum Gasteiger partial charge on any atom is -0.406 e. The van der Waals surface area contributed by atoms with Crippen LogP contribution in [0.5, 0.6) is 5.75 Å². The molecular formula is C24H22BF3N6O3S. The fraction of sp³-hybridized carbons (Fsp3) is 0.292. The van der Waals surface area contributed by atoms with Gasteiger partial charge in [-0.25, -0.2) is 13.4 Å². The van der Waals surface area contributed by atoms with Gasteiger partial charge >= 0.3 is 6.36 Å². The predicted molar refractivity (Wildman–Crippen MR) is 134 cm³/mol. The molecule has 0 unspecified atom stereocenters. The van der Waals surface area contributed by atoms with Gasteiger partial charge in [0.25, 0.3) is 0 Å². The van der Waals surface area contributed by atoms with Gasteiger partial charge in [0.1, 0.15) is 25.1 Å². The number of ether oxygens (including phenoxy) is 1. The minimum absolute atomic E-state index is 0.0559. The lowest BCUT2D eigenvalue weighted by molar-refractivity contribution is -0.274. The molecule has 0 aliphatic carbocycles. The molecule has 1 fully saturated rings. The molecule has 0 amide bonds. The number of hydrogen-bond acceptors (Lipinski definition) is 7. The number of benzene rings is 1. The molecule has 4 aromatic rings. The van der Waals surface area contributed by atoms with Crippen LogP contribution in [0.4, 0.5) is 19.0 Å². The van der Waals surface area contributed by atoms with Gasteiger partial charge in [-0.15, -0.1) is 13.2 Å². The van der Waals surface area contributed by atoms with Crippen molar-refractivity contribution in [2.75, 3.05) is 18.4 Å². The van der Waals surface area contributed by atoms with E-state index in [1.165, 1.54) is 22.6 Å². The molecule has 0 atom stereocenters. The van der Waals surface area contributed by atoms with E-state index in [0.29, 0.717) is 36.3 Å². The SMILES string of the molecule is [B]c1cnn2c(NCc3cccnc3)cc(C3CCN(S(=O)(=O)c4cccc(OC(F)(F)F)c4)CC3)nc12. The third-order valence-electron chi connectivity index (χ3n) is 6.26. The Morgan fingerprint density at radius 3 is 2.61 bits per heavy atom. The molecule has 4 heterocycles. The Hall–Kier alpha value is -3.65. The van der Waals surface area contributed by atoms with E-state index < -0.39 is 22.1 Å². The quantitative estimate of drug-likeness (QED) is 0.359. The highest BCUT2D eigenvalue weighted by Crippen LogP contribution is 2.32. The number of anilines is 1. The first-order valence-electron chi connectivity index (χ1n) is 11.7. The van der Waals surface area contributed by atoms with Crippen LogP contribution in [-0.2, 0) is 16.6 Å². The first-order valence-corrected chi connectivity index (χ1v) is 13.2. The topological polar surface area (TPSA) is 102 Å². The Morgan fingerprint density at radius 1 is 1.11 bits per heavy atom. The van der Waals surface area contributed by atoms with Crippen LogP contribution in [0.25, 0.3) is 5.65 Å². The summed E-state index contributed by atoms with van der Waals surface area (Å²) in [5.74, 6) is 0.0392. The maximum absolute atomic E-state index is 13.1. The first kappa shape index (κ1) is 26.0. The third kappa shape index (κ3) is 5.60. The Bertz CT molecular complexity index is 1540. The lowest BCUT2D eigenvalue weighted by atomic mass is 9.94. The molecule has 1 aromatic carbocycles. The van der Waals surface area contributed by atoms with Gasteiger partial charge in [-0.1, -0.05) is 12.1 Å². The molecular weight excluding hydrogens is 520 g/mol. The molecule has 1 aliphatic rings. The van der Waals surface area contributed by atoms with Crippen molar-refractivity contribution in [3.63, 3.8) is 0 Å². The number of hydrogen-bond donors (Lipinski definition) is 1. The molecule has 2 radical (unpaired) electrons. The smallest absolute Gasteiger partial charge is 0.406 e. The maximum Gasteiger partial charge on any atom is 0.573 e. The summed E-state index contributed by atoms with van der Waals surface area (Å²) < 4.78 is 70.8. The second-order valence-electron chi connectivity index (χ2n) is 8.82. The van der Waals surface area contributed by atoms with Crippen LogP contribution in [0.2, 0.25) is 0 Å². The molecule has 14 heteroatoms. The average Bonchev–Trinajstić information content (AvgIpc) is 3.28. The van der Waals surface area contributed by atoms with Crippen molar-refractivity contribution in [1.29, 1.82) is 0 Å². The molecule has 0 spiro atoms. The van der Waals surface area contributed by atoms with Gasteiger partial charge in [-0.2, -0.15) is 13.9 Å². The van der Waals surface area contributed by atoms with Gasteiger partial charge in [0, 0.05) is 62.0 Å². The highest BCUT2D eigenvalue weighted by molar-refractivity contribution is 7.89. The molecule has 196 valence electrons. The molecule has 0 saturated carbocycles. The zero-order valence-electron chi connectivity index (χ0n) is 20.0. The van der Waals surface area contributed by atoms with Gasteiger partial charge in [-0.05, 0) is 42.1 Å². The van der Waals surface area contributed by atoms with E-state index in [1.807, 2.05) is 18.2 Å². The largest absolute Gasteiger partial charge is 0.573 e. The Labute approximate surface area is 218 Å². The van der Waals surface area contributed by atoms with Crippen molar-refractivity contribution in [3.8, 4) is 5.75 Å². The van der Waals surface area contributed by atoms with Crippen LogP contribution < -0.4 is 15.5 Å². The highest BCUT2D eigenvalue weighted by Gasteiger charge is 2.34. The summed E-state index contributed by atoms with van der Waals surface area (Å²) in [5, 5.41) is 7.65. The number of halogens is 3. The standard InChI is InChI=1S/C24H22BF3N6O3S/c25-20-15-31-34-22(30-14-16-3-2-8-29-13-16)12-21(32-23(20)34)17-6-9-33(10-7-17)38(35,36)19-5-1-4-18(11-19)37-24(26,27)28/h1-5,8,11-13,15,17,30H,6-7,9-10,14H2. The van der Waals surface area contributed by atoms with Crippen molar-refractivity contribution >= 4 is 34.8 Å². The Balaban J connectivity index is 1.33. The lowest BCUT2D eigenvalue weighted by Gasteiger charge is -2.31. The van der Waals surface area contributed by atoms with Crippen LogP contribution >= 0.6 is 0 Å².